The van der Waals surface area contributed by atoms with Gasteiger partial charge in [0.15, 0.2) is 0 Å². The number of carbonyl (C=O) groups excluding carboxylic acids is 3. The number of anilines is 1. The molecule has 3 heterocycles. The van der Waals surface area contributed by atoms with Gasteiger partial charge in [-0.2, -0.15) is 0 Å². The van der Waals surface area contributed by atoms with E-state index < -0.39 is 70.0 Å². The smallest absolute Gasteiger partial charge is 0.408 e. The van der Waals surface area contributed by atoms with Crippen LogP contribution in [0, 0.1) is 22.0 Å². The van der Waals surface area contributed by atoms with Gasteiger partial charge in [-0.05, 0) is 49.2 Å². The van der Waals surface area contributed by atoms with Crippen LogP contribution in [-0.4, -0.2) is 89.9 Å². The molecule has 5 rings (SSSR count). The molecule has 4 N–H and O–H groups in total. The monoisotopic (exact) mass is 654 g/mol. The van der Waals surface area contributed by atoms with E-state index in [4.69, 9.17) is 4.74 Å². The number of fused-ring (bicyclic) bond motifs is 1. The first kappa shape index (κ1) is 32.4. The third-order valence-electron chi connectivity index (χ3n) is 8.30. The molecule has 3 aliphatic rings. The maximum absolute atomic E-state index is 13.5. The number of carboxylic acids is 1. The van der Waals surface area contributed by atoms with Gasteiger partial charge in [-0.3, -0.25) is 24.6 Å². The molecule has 15 nitrogen and oxygen atoms in total. The van der Waals surface area contributed by atoms with Crippen molar-refractivity contribution in [1.29, 1.82) is 0 Å². The number of likely N-dealkylation sites (tertiary alicyclic amines) is 1. The molecule has 0 unspecified atom stereocenters. The second-order valence-corrected chi connectivity index (χ2v) is 12.6. The number of hydrogen-bond acceptors (Lipinski definition) is 10. The van der Waals surface area contributed by atoms with E-state index in [9.17, 15) is 49.4 Å². The fraction of sp³-hybridized carbons (Fsp3) is 0.367. The summed E-state index contributed by atoms with van der Waals surface area (Å²) in [5.41, 5.74) is 0.448. The average Bonchev–Trinajstić information content (AvgIpc) is 3.54. The molecular weight excluding hydrogens is 624 g/mol. The molecule has 0 aliphatic carbocycles. The van der Waals surface area contributed by atoms with Crippen LogP contribution < -0.4 is 5.32 Å². The van der Waals surface area contributed by atoms with Crippen molar-refractivity contribution < 1.29 is 49.0 Å². The normalized spacial score (nSPS) is 24.2. The van der Waals surface area contributed by atoms with E-state index in [0.29, 0.717) is 10.5 Å². The van der Waals surface area contributed by atoms with Crippen LogP contribution in [-0.2, 0) is 25.7 Å². The molecule has 0 radical (unpaired) electrons. The Kier molecular flexibility index (Phi) is 9.03. The van der Waals surface area contributed by atoms with Crippen molar-refractivity contribution in [2.24, 2.45) is 11.8 Å². The lowest BCUT2D eigenvalue weighted by molar-refractivity contribution is -0.384. The number of nitrogens with one attached hydrogen (secondary N) is 1. The van der Waals surface area contributed by atoms with Crippen molar-refractivity contribution in [3.8, 4) is 0 Å². The van der Waals surface area contributed by atoms with Gasteiger partial charge in [0.1, 0.15) is 18.3 Å². The number of carbonyl (C=O) groups is 5. The highest BCUT2D eigenvalue weighted by Gasteiger charge is 2.60. The maximum atomic E-state index is 13.5. The summed E-state index contributed by atoms with van der Waals surface area (Å²) in [4.78, 5) is 76.4. The van der Waals surface area contributed by atoms with Gasteiger partial charge in [0.2, 0.25) is 11.8 Å². The zero-order valence-electron chi connectivity index (χ0n) is 24.6. The van der Waals surface area contributed by atoms with Crippen LogP contribution in [0.4, 0.5) is 16.2 Å². The predicted octanol–water partition coefficient (Wildman–Crippen LogP) is 2.90. The van der Waals surface area contributed by atoms with Crippen LogP contribution in [0.2, 0.25) is 0 Å². The number of nitro benzene ring substituents is 1. The Morgan fingerprint density at radius 3 is 2.46 bits per heavy atom. The lowest BCUT2D eigenvalue weighted by Gasteiger charge is -2.46. The van der Waals surface area contributed by atoms with Crippen molar-refractivity contribution >= 4 is 53.0 Å². The van der Waals surface area contributed by atoms with Gasteiger partial charge in [-0.25, -0.2) is 14.4 Å². The van der Waals surface area contributed by atoms with Crippen molar-refractivity contribution in [2.45, 2.75) is 50.3 Å². The molecule has 2 fully saturated rings. The van der Waals surface area contributed by atoms with Crippen LogP contribution in [0.25, 0.3) is 0 Å². The number of β-lactam (4-membered cyclic amide) rings is 1. The third kappa shape index (κ3) is 6.12. The van der Waals surface area contributed by atoms with Gasteiger partial charge in [-0.1, -0.05) is 13.0 Å². The van der Waals surface area contributed by atoms with E-state index in [0.717, 1.165) is 4.90 Å². The number of aliphatic hydroxyl groups excluding tert-OH is 1. The molecule has 16 heteroatoms. The number of non-ortho nitro benzene ring substituents is 1. The van der Waals surface area contributed by atoms with Gasteiger partial charge in [0.05, 0.1) is 28.6 Å². The lowest BCUT2D eigenvalue weighted by atomic mass is 9.79. The first-order valence-electron chi connectivity index (χ1n) is 14.2. The predicted molar refractivity (Wildman–Crippen MR) is 161 cm³/mol. The number of rotatable bonds is 10. The maximum Gasteiger partial charge on any atom is 0.408 e. The van der Waals surface area contributed by atoms with Crippen molar-refractivity contribution in [2.75, 3.05) is 11.9 Å². The topological polar surface area (TPSA) is 217 Å². The molecule has 6 atom stereocenters. The highest BCUT2D eigenvalue weighted by Crippen LogP contribution is 2.52. The van der Waals surface area contributed by atoms with Crippen molar-refractivity contribution in [3.63, 3.8) is 0 Å². The van der Waals surface area contributed by atoms with Gasteiger partial charge < -0.3 is 30.3 Å². The number of esters is 1. The standard InChI is InChI=1S/C30H30N4O11S/c1-14-23-22(15(2)35)27(37)33(23)24(29(40)45-13-16-6-8-19(9-7-16)34(43)44)25(14)46-20-11-21(32(12-20)30(41)42)26(36)31-18-5-3-4-17(10-18)28(38)39/h3-10,14-15,20-23,35H,11-13H2,1-2H3,(H,31,36)(H,38,39)(H,41,42)/t14-,15-,20+,21+,22-,23-/m1/s1. The number of nitro groups is 1. The molecule has 46 heavy (non-hydrogen) atoms. The number of aromatic carboxylic acids is 1. The summed E-state index contributed by atoms with van der Waals surface area (Å²) in [6.45, 7) is 2.97. The number of aliphatic hydroxyl groups is 1. The Morgan fingerprint density at radius 2 is 1.85 bits per heavy atom. The summed E-state index contributed by atoms with van der Waals surface area (Å²) >= 11 is 1.17. The summed E-state index contributed by atoms with van der Waals surface area (Å²) in [7, 11) is 0. The zero-order chi connectivity index (χ0) is 33.4. The first-order valence-corrected chi connectivity index (χ1v) is 15.1. The molecular formula is C30H30N4O11S. The zero-order valence-corrected chi connectivity index (χ0v) is 25.4. The SMILES string of the molecule is C[C@@H](O)[C@H]1C(=O)N2C(C(=O)OCc3ccc([N+](=O)[O-])cc3)=C(S[C@H]3C[C@@H](C(=O)Nc4cccc(C(=O)O)c4)N(C(=O)O)C3)[C@H](C)[C@H]12. The van der Waals surface area contributed by atoms with Crippen molar-refractivity contribution in [1.82, 2.24) is 9.80 Å². The highest BCUT2D eigenvalue weighted by atomic mass is 32.2. The van der Waals surface area contributed by atoms with E-state index >= 15 is 0 Å². The molecule has 3 amide bonds. The Hall–Kier alpha value is -4.96. The van der Waals surface area contributed by atoms with E-state index in [1.165, 1.54) is 72.1 Å². The second-order valence-electron chi connectivity index (χ2n) is 11.3. The van der Waals surface area contributed by atoms with Gasteiger partial charge in [0.25, 0.3) is 5.69 Å². The van der Waals surface area contributed by atoms with Crippen molar-refractivity contribution in [3.05, 3.63) is 80.4 Å². The molecule has 0 spiro atoms. The van der Waals surface area contributed by atoms with Crippen LogP contribution in [0.1, 0.15) is 36.2 Å². The van der Waals surface area contributed by atoms with Crippen LogP contribution in [0.3, 0.4) is 0 Å². The minimum absolute atomic E-state index is 0.0217. The second kappa shape index (κ2) is 12.8. The Balaban J connectivity index is 1.36. The summed E-state index contributed by atoms with van der Waals surface area (Å²) in [5, 5.41) is 42.5. The molecule has 2 aromatic carbocycles. The largest absolute Gasteiger partial charge is 0.478 e. The van der Waals surface area contributed by atoms with Gasteiger partial charge in [-0.15, -0.1) is 11.8 Å². The molecule has 242 valence electrons. The average molecular weight is 655 g/mol. The van der Waals surface area contributed by atoms with Crippen LogP contribution in [0.5, 0.6) is 0 Å². The summed E-state index contributed by atoms with van der Waals surface area (Å²) < 4.78 is 5.52. The number of carboxylic acid groups (broad SMARTS) is 2. The summed E-state index contributed by atoms with van der Waals surface area (Å²) in [6, 6.07) is 9.30. The fourth-order valence-electron chi connectivity index (χ4n) is 6.08. The van der Waals surface area contributed by atoms with E-state index in [1.807, 2.05) is 0 Å². The fourth-order valence-corrected chi connectivity index (χ4v) is 7.60. The Labute approximate surface area is 265 Å². The Bertz CT molecular complexity index is 1640. The van der Waals surface area contributed by atoms with E-state index in [2.05, 4.69) is 5.32 Å². The number of amides is 3. The van der Waals surface area contributed by atoms with Crippen LogP contribution in [0.15, 0.2) is 59.1 Å². The van der Waals surface area contributed by atoms with Gasteiger partial charge >= 0.3 is 18.0 Å². The minimum atomic E-state index is -1.34. The number of thioether (sulfide) groups is 1. The molecule has 0 aromatic heterocycles. The third-order valence-corrected chi connectivity index (χ3v) is 9.79. The van der Waals surface area contributed by atoms with E-state index in [-0.39, 0.29) is 42.2 Å². The number of benzene rings is 2. The molecule has 0 saturated carbocycles. The van der Waals surface area contributed by atoms with Crippen LogP contribution >= 0.6 is 11.8 Å². The number of ether oxygens (including phenoxy) is 1. The Morgan fingerprint density at radius 1 is 1.15 bits per heavy atom. The molecule has 2 saturated heterocycles. The molecule has 3 aliphatic heterocycles. The van der Waals surface area contributed by atoms with Gasteiger partial charge in [0, 0.05) is 40.4 Å². The molecule has 2 aromatic rings. The minimum Gasteiger partial charge on any atom is -0.478 e. The van der Waals surface area contributed by atoms with E-state index in [1.54, 1.807) is 6.92 Å². The summed E-state index contributed by atoms with van der Waals surface area (Å²) in [6.07, 6.45) is -2.27. The number of hydrogen-bond donors (Lipinski definition) is 4. The summed E-state index contributed by atoms with van der Waals surface area (Å²) in [5.74, 6) is -4.31. The molecule has 0 bridgehead atoms. The highest BCUT2D eigenvalue weighted by molar-refractivity contribution is 8.03. The number of nitrogens with zero attached hydrogens (tertiary/aromatic N) is 3. The first-order chi connectivity index (χ1) is 21.8. The quantitative estimate of drug-likeness (QED) is 0.126. The lowest BCUT2D eigenvalue weighted by Crippen LogP contribution is -2.63.